The summed E-state index contributed by atoms with van der Waals surface area (Å²) in [7, 11) is 0. The van der Waals surface area contributed by atoms with Crippen molar-refractivity contribution in [2.45, 2.75) is 68.2 Å². The summed E-state index contributed by atoms with van der Waals surface area (Å²) in [5.41, 5.74) is 1.38. The zero-order valence-corrected chi connectivity index (χ0v) is 10.9. The monoisotopic (exact) mass is 186 g/mol. The lowest BCUT2D eigenvalue weighted by Crippen LogP contribution is -2.25. The predicted molar refractivity (Wildman–Crippen MR) is 64.0 cm³/mol. The molecule has 13 heavy (non-hydrogen) atoms. The SMILES string of the molecule is CC(C)(C)CC(C)(C)CC(C)(C)C.[HH]. The van der Waals surface area contributed by atoms with Crippen LogP contribution in [0.25, 0.3) is 0 Å². The van der Waals surface area contributed by atoms with Crippen LogP contribution in [0.5, 0.6) is 0 Å². The Morgan fingerprint density at radius 3 is 1.00 bits per heavy atom. The summed E-state index contributed by atoms with van der Waals surface area (Å²) in [6, 6.07) is 0. The van der Waals surface area contributed by atoms with Crippen molar-refractivity contribution in [3.63, 3.8) is 0 Å². The molecule has 0 unspecified atom stereocenters. The molecule has 0 aliphatic carbocycles. The zero-order valence-electron chi connectivity index (χ0n) is 10.9. The number of rotatable bonds is 2. The van der Waals surface area contributed by atoms with E-state index >= 15 is 0 Å². The van der Waals surface area contributed by atoms with E-state index in [0.29, 0.717) is 16.2 Å². The maximum Gasteiger partial charge on any atom is 0 e. The molecule has 0 amide bonds. The van der Waals surface area contributed by atoms with E-state index in [-0.39, 0.29) is 1.43 Å². The third-order valence-electron chi connectivity index (χ3n) is 2.02. The zero-order chi connectivity index (χ0) is 10.9. The fraction of sp³-hybridized carbons (Fsp3) is 1.00. The van der Waals surface area contributed by atoms with Gasteiger partial charge in [-0.1, -0.05) is 55.4 Å². The van der Waals surface area contributed by atoms with Crippen LogP contribution in [0, 0.1) is 16.2 Å². The smallest absolute Gasteiger partial charge is 0 e. The summed E-state index contributed by atoms with van der Waals surface area (Å²) in [6.07, 6.45) is 2.61. The highest BCUT2D eigenvalue weighted by Gasteiger charge is 2.29. The van der Waals surface area contributed by atoms with E-state index < -0.39 is 0 Å². The van der Waals surface area contributed by atoms with E-state index in [1.807, 2.05) is 0 Å². The third kappa shape index (κ3) is 8.33. The quantitative estimate of drug-likeness (QED) is 0.561. The Bertz CT molecular complexity index is 137. The molecule has 0 bridgehead atoms. The molecule has 0 saturated heterocycles. The van der Waals surface area contributed by atoms with E-state index in [9.17, 15) is 0 Å². The molecule has 0 aliphatic heterocycles. The van der Waals surface area contributed by atoms with Gasteiger partial charge < -0.3 is 0 Å². The van der Waals surface area contributed by atoms with Crippen LogP contribution in [0.15, 0.2) is 0 Å². The number of hydrogen-bond acceptors (Lipinski definition) is 0. The Hall–Kier alpha value is 0. The van der Waals surface area contributed by atoms with Gasteiger partial charge in [-0.05, 0) is 29.1 Å². The van der Waals surface area contributed by atoms with Crippen LogP contribution < -0.4 is 0 Å². The van der Waals surface area contributed by atoms with Gasteiger partial charge in [-0.25, -0.2) is 0 Å². The van der Waals surface area contributed by atoms with Gasteiger partial charge in [0.15, 0.2) is 0 Å². The molecule has 82 valence electrons. The minimum absolute atomic E-state index is 0. The lowest BCUT2D eigenvalue weighted by molar-refractivity contribution is 0.143. The van der Waals surface area contributed by atoms with E-state index in [1.54, 1.807) is 0 Å². The molecule has 0 heteroatoms. The Morgan fingerprint density at radius 1 is 0.615 bits per heavy atom. The van der Waals surface area contributed by atoms with Crippen LogP contribution in [-0.2, 0) is 0 Å². The third-order valence-corrected chi connectivity index (χ3v) is 2.02. The first kappa shape index (κ1) is 13.0. The Balaban J connectivity index is 0. The van der Waals surface area contributed by atoms with Crippen molar-refractivity contribution in [2.75, 3.05) is 0 Å². The summed E-state index contributed by atoms with van der Waals surface area (Å²) in [4.78, 5) is 0. The van der Waals surface area contributed by atoms with Crippen LogP contribution >= 0.6 is 0 Å². The van der Waals surface area contributed by atoms with E-state index in [4.69, 9.17) is 0 Å². The molecular weight excluding hydrogens is 156 g/mol. The highest BCUT2D eigenvalue weighted by atomic mass is 14.3. The van der Waals surface area contributed by atoms with Gasteiger partial charge in [0.05, 0.1) is 0 Å². The second-order valence-corrected chi connectivity index (χ2v) is 7.64. The fourth-order valence-electron chi connectivity index (χ4n) is 2.93. The molecule has 0 atom stereocenters. The summed E-state index contributed by atoms with van der Waals surface area (Å²) in [6.45, 7) is 18.8. The van der Waals surface area contributed by atoms with Crippen molar-refractivity contribution in [3.8, 4) is 0 Å². The highest BCUT2D eigenvalue weighted by Crippen LogP contribution is 2.41. The Kier molecular flexibility index (Phi) is 3.63. The van der Waals surface area contributed by atoms with Crippen LogP contribution in [0.2, 0.25) is 0 Å². The first-order valence-electron chi connectivity index (χ1n) is 5.41. The predicted octanol–water partition coefficient (Wildman–Crippen LogP) is 5.13. The molecule has 0 aromatic heterocycles. The van der Waals surface area contributed by atoms with E-state index in [1.165, 1.54) is 12.8 Å². The molecule has 0 aromatic carbocycles. The maximum absolute atomic E-state index is 2.39. The topological polar surface area (TPSA) is 0 Å². The van der Waals surface area contributed by atoms with Crippen LogP contribution in [0.4, 0.5) is 0 Å². The summed E-state index contributed by atoms with van der Waals surface area (Å²) >= 11 is 0. The largest absolute Gasteiger partial charge is 0.0602 e. The van der Waals surface area contributed by atoms with Gasteiger partial charge in [-0.15, -0.1) is 0 Å². The standard InChI is InChI=1S/C13H28.H2/c1-11(2,3)9-13(7,8)10-12(4,5)6;/h9-10H2,1-8H3;1H. The van der Waals surface area contributed by atoms with Crippen molar-refractivity contribution in [3.05, 3.63) is 0 Å². The van der Waals surface area contributed by atoms with Crippen LogP contribution in [0.3, 0.4) is 0 Å². The number of hydrogen-bond donors (Lipinski definition) is 0. The van der Waals surface area contributed by atoms with Gasteiger partial charge in [0.25, 0.3) is 0 Å². The molecule has 0 aromatic rings. The van der Waals surface area contributed by atoms with Crippen molar-refractivity contribution < 1.29 is 1.43 Å². The second-order valence-electron chi connectivity index (χ2n) is 7.64. The van der Waals surface area contributed by atoms with Gasteiger partial charge in [-0.2, -0.15) is 0 Å². The molecule has 0 radical (unpaired) electrons. The molecule has 0 nitrogen and oxygen atoms in total. The maximum atomic E-state index is 2.39. The summed E-state index contributed by atoms with van der Waals surface area (Å²) < 4.78 is 0. The summed E-state index contributed by atoms with van der Waals surface area (Å²) in [5.74, 6) is 0. The van der Waals surface area contributed by atoms with Crippen molar-refractivity contribution in [2.24, 2.45) is 16.2 Å². The molecular formula is C13H30. The Labute approximate surface area is 86.6 Å². The first-order valence-corrected chi connectivity index (χ1v) is 5.41. The van der Waals surface area contributed by atoms with Gasteiger partial charge in [-0.3, -0.25) is 0 Å². The average Bonchev–Trinajstić information content (AvgIpc) is 1.43. The minimum Gasteiger partial charge on any atom is -0.0602 e. The second kappa shape index (κ2) is 3.63. The minimum atomic E-state index is 0. The first-order chi connectivity index (χ1) is 5.41. The van der Waals surface area contributed by atoms with Crippen LogP contribution in [-0.4, -0.2) is 0 Å². The molecule has 0 rings (SSSR count). The lowest BCUT2D eigenvalue weighted by atomic mass is 9.69. The van der Waals surface area contributed by atoms with Gasteiger partial charge in [0, 0.05) is 1.43 Å². The van der Waals surface area contributed by atoms with Gasteiger partial charge in [0.2, 0.25) is 0 Å². The molecule has 0 aliphatic rings. The average molecular weight is 186 g/mol. The molecule has 0 N–H and O–H groups in total. The van der Waals surface area contributed by atoms with Crippen molar-refractivity contribution in [1.82, 2.24) is 0 Å². The normalized spacial score (nSPS) is 14.8. The molecule has 0 spiro atoms. The van der Waals surface area contributed by atoms with Gasteiger partial charge >= 0.3 is 0 Å². The van der Waals surface area contributed by atoms with Crippen molar-refractivity contribution >= 4 is 0 Å². The molecule has 0 heterocycles. The van der Waals surface area contributed by atoms with E-state index in [0.717, 1.165) is 0 Å². The van der Waals surface area contributed by atoms with Crippen LogP contribution in [0.1, 0.15) is 69.7 Å². The summed E-state index contributed by atoms with van der Waals surface area (Å²) in [5, 5.41) is 0. The van der Waals surface area contributed by atoms with Gasteiger partial charge in [0.1, 0.15) is 0 Å². The lowest BCUT2D eigenvalue weighted by Gasteiger charge is -2.37. The highest BCUT2D eigenvalue weighted by molar-refractivity contribution is 4.80. The Morgan fingerprint density at radius 2 is 0.846 bits per heavy atom. The molecule has 0 fully saturated rings. The van der Waals surface area contributed by atoms with Crippen molar-refractivity contribution in [1.29, 1.82) is 0 Å². The fourth-order valence-corrected chi connectivity index (χ4v) is 2.93. The van der Waals surface area contributed by atoms with E-state index in [2.05, 4.69) is 55.4 Å². The molecule has 0 saturated carbocycles.